The summed E-state index contributed by atoms with van der Waals surface area (Å²) in [5, 5.41) is 2.67. The Morgan fingerprint density at radius 3 is 2.56 bits per heavy atom. The van der Waals surface area contributed by atoms with Crippen LogP contribution in [-0.2, 0) is 10.5 Å². The molecule has 1 amide bonds. The van der Waals surface area contributed by atoms with Crippen LogP contribution in [0.3, 0.4) is 0 Å². The summed E-state index contributed by atoms with van der Waals surface area (Å²) < 4.78 is 10.4. The van der Waals surface area contributed by atoms with E-state index in [0.29, 0.717) is 11.4 Å². The molecule has 0 atom stereocenters. The number of anilines is 1. The third-order valence-electron chi connectivity index (χ3n) is 2.10. The molecule has 4 nitrogen and oxygen atoms in total. The fourth-order valence-corrected chi connectivity index (χ4v) is 1.65. The minimum Gasteiger partial charge on any atom is -0.496 e. The first-order valence-electron chi connectivity index (χ1n) is 5.63. The average molecular weight is 269 g/mol. The van der Waals surface area contributed by atoms with Gasteiger partial charge in [0.2, 0.25) is 0 Å². The molecule has 0 spiro atoms. The van der Waals surface area contributed by atoms with Crippen molar-refractivity contribution in [2.45, 2.75) is 32.1 Å². The topological polar surface area (TPSA) is 47.6 Å². The maximum atomic E-state index is 11.6. The van der Waals surface area contributed by atoms with E-state index >= 15 is 0 Å². The number of thiol groups is 1. The molecule has 0 aromatic heterocycles. The van der Waals surface area contributed by atoms with E-state index in [0.717, 1.165) is 11.3 Å². The molecule has 0 aliphatic carbocycles. The van der Waals surface area contributed by atoms with Gasteiger partial charge in [0, 0.05) is 17.0 Å². The summed E-state index contributed by atoms with van der Waals surface area (Å²) in [5.41, 5.74) is 1.06. The molecule has 0 heterocycles. The second kappa shape index (κ2) is 6.00. The fraction of sp³-hybridized carbons (Fsp3) is 0.462. The maximum Gasteiger partial charge on any atom is 0.412 e. The average Bonchev–Trinajstić information content (AvgIpc) is 2.26. The van der Waals surface area contributed by atoms with Crippen molar-refractivity contribution < 1.29 is 14.3 Å². The molecule has 0 saturated heterocycles. The first-order valence-corrected chi connectivity index (χ1v) is 6.27. The van der Waals surface area contributed by atoms with Crippen LogP contribution in [0, 0.1) is 0 Å². The normalized spacial score (nSPS) is 10.9. The predicted octanol–water partition coefficient (Wildman–Crippen LogP) is 3.47. The molecule has 0 fully saturated rings. The van der Waals surface area contributed by atoms with Crippen molar-refractivity contribution in [3.05, 3.63) is 23.8 Å². The molecular weight excluding hydrogens is 250 g/mol. The molecule has 1 rings (SSSR count). The molecule has 1 N–H and O–H groups in total. The van der Waals surface area contributed by atoms with Crippen molar-refractivity contribution in [3.8, 4) is 5.75 Å². The van der Waals surface area contributed by atoms with Crippen molar-refractivity contribution in [2.24, 2.45) is 0 Å². The first-order chi connectivity index (χ1) is 8.35. The molecule has 0 saturated carbocycles. The Bertz CT molecular complexity index is 427. The minimum absolute atomic E-state index is 0.474. The summed E-state index contributed by atoms with van der Waals surface area (Å²) in [6.07, 6.45) is -0.474. The molecule has 0 aliphatic rings. The van der Waals surface area contributed by atoms with Gasteiger partial charge in [-0.25, -0.2) is 4.79 Å². The van der Waals surface area contributed by atoms with Crippen LogP contribution in [0.25, 0.3) is 0 Å². The van der Waals surface area contributed by atoms with Gasteiger partial charge in [0.15, 0.2) is 0 Å². The van der Waals surface area contributed by atoms with E-state index in [9.17, 15) is 4.79 Å². The molecule has 1 aromatic rings. The highest BCUT2D eigenvalue weighted by molar-refractivity contribution is 7.79. The van der Waals surface area contributed by atoms with Crippen molar-refractivity contribution in [3.63, 3.8) is 0 Å². The van der Waals surface area contributed by atoms with Crippen LogP contribution in [0.4, 0.5) is 10.5 Å². The number of amides is 1. The van der Waals surface area contributed by atoms with Crippen LogP contribution in [-0.4, -0.2) is 18.8 Å². The second-order valence-corrected chi connectivity index (χ2v) is 5.13. The number of methoxy groups -OCH3 is 1. The molecular formula is C13H19NO3S. The maximum absolute atomic E-state index is 11.6. The number of carbonyl (C=O) groups excluding carboxylic acids is 1. The van der Waals surface area contributed by atoms with Crippen LogP contribution < -0.4 is 10.1 Å². The van der Waals surface area contributed by atoms with E-state index in [1.807, 2.05) is 26.8 Å². The number of ether oxygens (including phenoxy) is 2. The number of benzene rings is 1. The number of hydrogen-bond donors (Lipinski definition) is 2. The van der Waals surface area contributed by atoms with Gasteiger partial charge in [-0.3, -0.25) is 5.32 Å². The standard InChI is InChI=1S/C13H19NO3S/c1-13(2,3)17-12(15)14-10-5-6-11(16-4)9(7-10)8-18/h5-7,18H,8H2,1-4H3,(H,14,15). The first kappa shape index (κ1) is 14.7. The summed E-state index contributed by atoms with van der Waals surface area (Å²) in [6, 6.07) is 5.36. The molecule has 1 aromatic carbocycles. The third kappa shape index (κ3) is 4.49. The van der Waals surface area contributed by atoms with Gasteiger partial charge < -0.3 is 9.47 Å². The van der Waals surface area contributed by atoms with E-state index in [1.54, 1.807) is 19.2 Å². The number of nitrogens with one attached hydrogen (secondary N) is 1. The van der Waals surface area contributed by atoms with E-state index < -0.39 is 11.7 Å². The highest BCUT2D eigenvalue weighted by Crippen LogP contribution is 2.24. The number of rotatable bonds is 3. The SMILES string of the molecule is COc1ccc(NC(=O)OC(C)(C)C)cc1CS. The third-order valence-corrected chi connectivity index (χ3v) is 2.44. The summed E-state index contributed by atoms with van der Waals surface area (Å²) in [4.78, 5) is 11.6. The summed E-state index contributed by atoms with van der Waals surface area (Å²) in [7, 11) is 1.60. The Labute approximate surface area is 113 Å². The summed E-state index contributed by atoms with van der Waals surface area (Å²) >= 11 is 4.22. The van der Waals surface area contributed by atoms with Crippen molar-refractivity contribution >= 4 is 24.4 Å². The molecule has 0 aliphatic heterocycles. The van der Waals surface area contributed by atoms with Crippen LogP contribution in [0.15, 0.2) is 18.2 Å². The molecule has 5 heteroatoms. The minimum atomic E-state index is -0.511. The smallest absolute Gasteiger partial charge is 0.412 e. The Morgan fingerprint density at radius 1 is 1.39 bits per heavy atom. The Hall–Kier alpha value is -1.36. The van der Waals surface area contributed by atoms with E-state index in [4.69, 9.17) is 9.47 Å². The van der Waals surface area contributed by atoms with Gasteiger partial charge in [-0.05, 0) is 39.0 Å². The second-order valence-electron chi connectivity index (χ2n) is 4.81. The molecule has 0 radical (unpaired) electrons. The lowest BCUT2D eigenvalue weighted by Gasteiger charge is -2.20. The van der Waals surface area contributed by atoms with E-state index in [-0.39, 0.29) is 0 Å². The van der Waals surface area contributed by atoms with E-state index in [1.165, 1.54) is 0 Å². The highest BCUT2D eigenvalue weighted by Gasteiger charge is 2.16. The lowest BCUT2D eigenvalue weighted by Crippen LogP contribution is -2.27. The van der Waals surface area contributed by atoms with Gasteiger partial charge in [0.1, 0.15) is 11.4 Å². The zero-order valence-electron chi connectivity index (χ0n) is 11.1. The van der Waals surface area contributed by atoms with Crippen LogP contribution >= 0.6 is 12.6 Å². The number of carbonyl (C=O) groups is 1. The zero-order chi connectivity index (χ0) is 13.8. The van der Waals surface area contributed by atoms with E-state index in [2.05, 4.69) is 17.9 Å². The predicted molar refractivity (Wildman–Crippen MR) is 75.5 cm³/mol. The Morgan fingerprint density at radius 2 is 2.06 bits per heavy atom. The Kier molecular flexibility index (Phi) is 4.90. The van der Waals surface area contributed by atoms with Gasteiger partial charge in [-0.15, -0.1) is 0 Å². The van der Waals surface area contributed by atoms with Gasteiger partial charge in [0.25, 0.3) is 0 Å². The molecule has 100 valence electrons. The summed E-state index contributed by atoms with van der Waals surface area (Å²) in [5.74, 6) is 1.28. The van der Waals surface area contributed by atoms with Gasteiger partial charge in [-0.2, -0.15) is 12.6 Å². The van der Waals surface area contributed by atoms with Crippen molar-refractivity contribution in [1.29, 1.82) is 0 Å². The largest absolute Gasteiger partial charge is 0.496 e. The Balaban J connectivity index is 2.76. The number of hydrogen-bond acceptors (Lipinski definition) is 4. The molecule has 0 bridgehead atoms. The van der Waals surface area contributed by atoms with Gasteiger partial charge in [0.05, 0.1) is 7.11 Å². The molecule has 0 unspecified atom stereocenters. The van der Waals surface area contributed by atoms with Gasteiger partial charge >= 0.3 is 6.09 Å². The van der Waals surface area contributed by atoms with Crippen LogP contribution in [0.2, 0.25) is 0 Å². The van der Waals surface area contributed by atoms with Crippen molar-refractivity contribution in [2.75, 3.05) is 12.4 Å². The van der Waals surface area contributed by atoms with Crippen LogP contribution in [0.1, 0.15) is 26.3 Å². The fourth-order valence-electron chi connectivity index (χ4n) is 1.40. The zero-order valence-corrected chi connectivity index (χ0v) is 12.0. The van der Waals surface area contributed by atoms with Crippen molar-refractivity contribution in [1.82, 2.24) is 0 Å². The summed E-state index contributed by atoms with van der Waals surface area (Å²) in [6.45, 7) is 5.46. The monoisotopic (exact) mass is 269 g/mol. The lowest BCUT2D eigenvalue weighted by atomic mass is 10.2. The quantitative estimate of drug-likeness (QED) is 0.826. The van der Waals surface area contributed by atoms with Crippen LogP contribution in [0.5, 0.6) is 5.75 Å². The lowest BCUT2D eigenvalue weighted by molar-refractivity contribution is 0.0636. The highest BCUT2D eigenvalue weighted by atomic mass is 32.1. The molecule has 18 heavy (non-hydrogen) atoms. The van der Waals surface area contributed by atoms with Gasteiger partial charge in [-0.1, -0.05) is 0 Å².